The molecule has 3 aromatic carbocycles. The van der Waals surface area contributed by atoms with Crippen LogP contribution in [0.2, 0.25) is 5.02 Å². The van der Waals surface area contributed by atoms with E-state index in [0.717, 1.165) is 0 Å². The van der Waals surface area contributed by atoms with Gasteiger partial charge in [-0.2, -0.15) is 0 Å². The first-order valence-electron chi connectivity index (χ1n) is 9.84. The fraction of sp³-hybridized carbons (Fsp3) is 0.174. The van der Waals surface area contributed by atoms with Crippen molar-refractivity contribution in [3.8, 4) is 28.4 Å². The Balaban J connectivity index is 1.69. The summed E-state index contributed by atoms with van der Waals surface area (Å²) in [7, 11) is 0. The molecule has 3 aromatic rings. The molecule has 0 spiro atoms. The molecular weight excluding hydrogens is 461 g/mol. The van der Waals surface area contributed by atoms with Gasteiger partial charge in [-0.3, -0.25) is 4.79 Å². The Morgan fingerprint density at radius 1 is 1.00 bits per heavy atom. The number of primary amides is 1. The average molecular weight is 477 g/mol. The monoisotopic (exact) mass is 476 g/mol. The highest BCUT2D eigenvalue weighted by Crippen LogP contribution is 2.53. The Hall–Kier alpha value is -3.43. The summed E-state index contributed by atoms with van der Waals surface area (Å²) in [6.45, 7) is -0.135. The normalized spacial score (nSPS) is 19.8. The van der Waals surface area contributed by atoms with E-state index in [0.29, 0.717) is 11.3 Å². The standard InChI is InChI=1S/C23H16ClF3N2O4/c24-14-7-8-16-12(18(14)19-11(21(29)30)3-1-5-15(19)25)9-22(10-28,31-16)13-4-2-6-17-20(13)33-23(26,27)32-17/h1-8H,9-10,28H2,(H2,29,30)/t22-/m0/s1. The number of halogens is 4. The Morgan fingerprint density at radius 3 is 2.48 bits per heavy atom. The van der Waals surface area contributed by atoms with Crippen molar-refractivity contribution >= 4 is 17.5 Å². The Kier molecular flexibility index (Phi) is 4.73. The molecule has 0 radical (unpaired) electrons. The number of nitrogens with two attached hydrogens (primary N) is 2. The topological polar surface area (TPSA) is 96.8 Å². The second kappa shape index (κ2) is 7.29. The van der Waals surface area contributed by atoms with Crippen LogP contribution in [0.3, 0.4) is 0 Å². The number of carbonyl (C=O) groups is 1. The summed E-state index contributed by atoms with van der Waals surface area (Å²) >= 11 is 6.46. The van der Waals surface area contributed by atoms with E-state index in [1.54, 1.807) is 12.1 Å². The molecular formula is C23H16ClF3N2O4. The first kappa shape index (κ1) is 21.4. The van der Waals surface area contributed by atoms with Crippen molar-refractivity contribution in [3.63, 3.8) is 0 Å². The van der Waals surface area contributed by atoms with Crippen LogP contribution in [-0.2, 0) is 12.0 Å². The van der Waals surface area contributed by atoms with Gasteiger partial charge in [-0.05, 0) is 30.3 Å². The van der Waals surface area contributed by atoms with Crippen LogP contribution in [0.15, 0.2) is 48.5 Å². The summed E-state index contributed by atoms with van der Waals surface area (Å²) < 4.78 is 58.0. The molecule has 6 nitrogen and oxygen atoms in total. The van der Waals surface area contributed by atoms with E-state index in [1.165, 1.54) is 36.4 Å². The van der Waals surface area contributed by atoms with Crippen LogP contribution >= 0.6 is 11.6 Å². The number of ether oxygens (including phenoxy) is 3. The minimum Gasteiger partial charge on any atom is -0.480 e. The van der Waals surface area contributed by atoms with Crippen LogP contribution in [-0.4, -0.2) is 18.7 Å². The number of hydrogen-bond donors (Lipinski definition) is 2. The fourth-order valence-corrected chi connectivity index (χ4v) is 4.63. The molecule has 2 aliphatic rings. The first-order valence-corrected chi connectivity index (χ1v) is 10.2. The van der Waals surface area contributed by atoms with E-state index >= 15 is 0 Å². The minimum atomic E-state index is -3.84. The van der Waals surface area contributed by atoms with Gasteiger partial charge in [0.1, 0.15) is 11.6 Å². The molecule has 1 amide bonds. The zero-order chi connectivity index (χ0) is 23.5. The van der Waals surface area contributed by atoms with Gasteiger partial charge in [0.15, 0.2) is 17.1 Å². The highest BCUT2D eigenvalue weighted by molar-refractivity contribution is 6.34. The molecule has 33 heavy (non-hydrogen) atoms. The van der Waals surface area contributed by atoms with Crippen LogP contribution in [0, 0.1) is 5.82 Å². The quantitative estimate of drug-likeness (QED) is 0.583. The van der Waals surface area contributed by atoms with Crippen molar-refractivity contribution in [1.82, 2.24) is 0 Å². The van der Waals surface area contributed by atoms with Crippen molar-refractivity contribution in [2.24, 2.45) is 11.5 Å². The molecule has 0 saturated carbocycles. The van der Waals surface area contributed by atoms with Gasteiger partial charge in [-0.1, -0.05) is 29.8 Å². The van der Waals surface area contributed by atoms with Crippen molar-refractivity contribution < 1.29 is 32.2 Å². The summed E-state index contributed by atoms with van der Waals surface area (Å²) in [4.78, 5) is 12.0. The van der Waals surface area contributed by atoms with Crippen molar-refractivity contribution in [2.75, 3.05) is 6.54 Å². The summed E-state index contributed by atoms with van der Waals surface area (Å²) in [5.74, 6) is -1.59. The Morgan fingerprint density at radius 2 is 1.76 bits per heavy atom. The molecule has 10 heteroatoms. The van der Waals surface area contributed by atoms with Gasteiger partial charge in [-0.25, -0.2) is 4.39 Å². The van der Waals surface area contributed by atoms with Crippen LogP contribution in [0.4, 0.5) is 13.2 Å². The summed E-state index contributed by atoms with van der Waals surface area (Å²) in [5, 5.41) is 0.155. The largest absolute Gasteiger partial charge is 0.586 e. The van der Waals surface area contributed by atoms with E-state index in [4.69, 9.17) is 32.5 Å². The molecule has 170 valence electrons. The molecule has 0 fully saturated rings. The number of rotatable bonds is 4. The second-order valence-corrected chi connectivity index (χ2v) is 8.11. The van der Waals surface area contributed by atoms with Gasteiger partial charge in [0.25, 0.3) is 0 Å². The third-order valence-electron chi connectivity index (χ3n) is 5.76. The van der Waals surface area contributed by atoms with E-state index in [9.17, 15) is 18.0 Å². The lowest BCUT2D eigenvalue weighted by Gasteiger charge is -2.28. The molecule has 0 saturated heterocycles. The third kappa shape index (κ3) is 3.27. The zero-order valence-corrected chi connectivity index (χ0v) is 17.6. The molecule has 5 rings (SSSR count). The number of alkyl halides is 2. The van der Waals surface area contributed by atoms with Gasteiger partial charge in [0.2, 0.25) is 5.91 Å². The predicted molar refractivity (Wildman–Crippen MR) is 113 cm³/mol. The molecule has 0 bridgehead atoms. The maximum absolute atomic E-state index is 15.0. The highest BCUT2D eigenvalue weighted by Gasteiger charge is 2.50. The van der Waals surface area contributed by atoms with Gasteiger partial charge < -0.3 is 25.7 Å². The molecule has 4 N–H and O–H groups in total. The fourth-order valence-electron chi connectivity index (χ4n) is 4.36. The predicted octanol–water partition coefficient (Wildman–Crippen LogP) is 4.36. The highest BCUT2D eigenvalue weighted by atomic mass is 35.5. The van der Waals surface area contributed by atoms with Gasteiger partial charge in [0.05, 0.1) is 0 Å². The molecule has 0 aliphatic carbocycles. The molecule has 2 aliphatic heterocycles. The lowest BCUT2D eigenvalue weighted by molar-refractivity contribution is -0.287. The van der Waals surface area contributed by atoms with Gasteiger partial charge in [0, 0.05) is 45.8 Å². The van der Waals surface area contributed by atoms with Crippen molar-refractivity contribution in [2.45, 2.75) is 18.3 Å². The number of para-hydroxylation sites is 1. The SMILES string of the molecule is NC[C@]1(c2cccc3c2OC(F)(F)O3)Cc2c(ccc(Cl)c2-c2c(F)cccc2C(N)=O)O1. The average Bonchev–Trinajstić information content (AvgIpc) is 3.30. The summed E-state index contributed by atoms with van der Waals surface area (Å²) in [5.41, 5.74) is 11.0. The van der Waals surface area contributed by atoms with Crippen LogP contribution in [0.1, 0.15) is 21.5 Å². The zero-order valence-electron chi connectivity index (χ0n) is 16.8. The number of fused-ring (bicyclic) bond motifs is 2. The smallest absolute Gasteiger partial charge is 0.480 e. The Labute approximate surface area is 190 Å². The van der Waals surface area contributed by atoms with E-state index in [-0.39, 0.29) is 51.7 Å². The first-order chi connectivity index (χ1) is 15.7. The maximum atomic E-state index is 15.0. The lowest BCUT2D eigenvalue weighted by atomic mass is 9.85. The van der Waals surface area contributed by atoms with Crippen LogP contribution < -0.4 is 25.7 Å². The van der Waals surface area contributed by atoms with Crippen molar-refractivity contribution in [1.29, 1.82) is 0 Å². The maximum Gasteiger partial charge on any atom is 0.586 e. The molecule has 2 heterocycles. The molecule has 0 unspecified atom stereocenters. The Bertz CT molecular complexity index is 1320. The van der Waals surface area contributed by atoms with Gasteiger partial charge in [-0.15, -0.1) is 8.78 Å². The number of benzene rings is 3. The second-order valence-electron chi connectivity index (χ2n) is 7.70. The lowest BCUT2D eigenvalue weighted by Crippen LogP contribution is -2.40. The van der Waals surface area contributed by atoms with E-state index < -0.39 is 23.6 Å². The molecule has 1 atom stereocenters. The minimum absolute atomic E-state index is 0.0344. The number of hydrogen-bond acceptors (Lipinski definition) is 5. The van der Waals surface area contributed by atoms with Gasteiger partial charge >= 0.3 is 6.29 Å². The summed E-state index contributed by atoms with van der Waals surface area (Å²) in [6, 6.07) is 11.4. The van der Waals surface area contributed by atoms with Crippen LogP contribution in [0.25, 0.3) is 11.1 Å². The van der Waals surface area contributed by atoms with E-state index in [2.05, 4.69) is 4.74 Å². The van der Waals surface area contributed by atoms with E-state index in [1.807, 2.05) is 0 Å². The van der Waals surface area contributed by atoms with Crippen molar-refractivity contribution in [3.05, 3.63) is 76.1 Å². The third-order valence-corrected chi connectivity index (χ3v) is 6.08. The summed E-state index contributed by atoms with van der Waals surface area (Å²) in [6.07, 6.45) is -3.80. The molecule has 0 aromatic heterocycles. The number of amides is 1. The number of carbonyl (C=O) groups excluding carboxylic acids is 1. The van der Waals surface area contributed by atoms with Crippen LogP contribution in [0.5, 0.6) is 17.2 Å².